The number of carboxylic acid groups (broad SMARTS) is 1. The number of rotatable bonds is 1. The average molecular weight is 144 g/mol. The van der Waals surface area contributed by atoms with E-state index >= 15 is 0 Å². The molecule has 0 aromatic rings. The molecule has 3 nitrogen and oxygen atoms in total. The summed E-state index contributed by atoms with van der Waals surface area (Å²) in [6.07, 6.45) is 0.392. The van der Waals surface area contributed by atoms with Crippen LogP contribution in [0.15, 0.2) is 0 Å². The molecule has 0 bridgehead atoms. The Morgan fingerprint density at radius 1 is 1.60 bits per heavy atom. The molecule has 0 spiro atoms. The highest BCUT2D eigenvalue weighted by molar-refractivity contribution is 5.73. The predicted molar refractivity (Wildman–Crippen MR) is 35.8 cm³/mol. The maximum Gasteiger partial charge on any atom is 0.333 e. The third-order valence-corrected chi connectivity index (χ3v) is 1.84. The first-order chi connectivity index (χ1) is 4.61. The maximum atomic E-state index is 10.4. The second-order valence-electron chi connectivity index (χ2n) is 2.92. The minimum atomic E-state index is -0.836. The Labute approximate surface area is 60.0 Å². The molecule has 1 saturated heterocycles. The van der Waals surface area contributed by atoms with Gasteiger partial charge in [-0.1, -0.05) is 6.92 Å². The van der Waals surface area contributed by atoms with Crippen LogP contribution in [0.4, 0.5) is 0 Å². The van der Waals surface area contributed by atoms with Gasteiger partial charge in [0.15, 0.2) is 6.10 Å². The van der Waals surface area contributed by atoms with E-state index in [4.69, 9.17) is 9.84 Å². The second kappa shape index (κ2) is 2.58. The molecule has 0 aromatic carbocycles. The highest BCUT2D eigenvalue weighted by Gasteiger charge is 2.34. The van der Waals surface area contributed by atoms with Crippen molar-refractivity contribution in [2.75, 3.05) is 0 Å². The van der Waals surface area contributed by atoms with Crippen molar-refractivity contribution in [3.8, 4) is 0 Å². The van der Waals surface area contributed by atoms with E-state index in [1.54, 1.807) is 0 Å². The lowest BCUT2D eigenvalue weighted by Crippen LogP contribution is -2.24. The van der Waals surface area contributed by atoms with Crippen LogP contribution in [0.1, 0.15) is 20.3 Å². The van der Waals surface area contributed by atoms with Crippen LogP contribution >= 0.6 is 0 Å². The van der Waals surface area contributed by atoms with E-state index in [0.717, 1.165) is 6.42 Å². The van der Waals surface area contributed by atoms with Gasteiger partial charge >= 0.3 is 5.97 Å². The molecule has 0 radical (unpaired) electrons. The van der Waals surface area contributed by atoms with Crippen LogP contribution in [0.5, 0.6) is 0 Å². The van der Waals surface area contributed by atoms with Gasteiger partial charge in [-0.05, 0) is 19.3 Å². The molecule has 1 heterocycles. The van der Waals surface area contributed by atoms with Crippen LogP contribution in [0.3, 0.4) is 0 Å². The second-order valence-corrected chi connectivity index (χ2v) is 2.92. The van der Waals surface area contributed by atoms with Gasteiger partial charge in [0.25, 0.3) is 0 Å². The fourth-order valence-electron chi connectivity index (χ4n) is 1.39. The quantitative estimate of drug-likeness (QED) is 0.594. The SMILES string of the molecule is CC1C[C@@H](C)O[C@H]1C(=O)O. The first-order valence-electron chi connectivity index (χ1n) is 3.49. The summed E-state index contributed by atoms with van der Waals surface area (Å²) >= 11 is 0. The summed E-state index contributed by atoms with van der Waals surface area (Å²) in [5.74, 6) is -0.677. The van der Waals surface area contributed by atoms with Gasteiger partial charge in [-0.25, -0.2) is 4.79 Å². The molecule has 1 aliphatic rings. The lowest BCUT2D eigenvalue weighted by molar-refractivity contribution is -0.150. The summed E-state index contributed by atoms with van der Waals surface area (Å²) in [6.45, 7) is 3.81. The van der Waals surface area contributed by atoms with E-state index in [0.29, 0.717) is 0 Å². The first-order valence-corrected chi connectivity index (χ1v) is 3.49. The van der Waals surface area contributed by atoms with Crippen molar-refractivity contribution in [1.82, 2.24) is 0 Å². The zero-order valence-corrected chi connectivity index (χ0v) is 6.20. The molecule has 0 saturated carbocycles. The van der Waals surface area contributed by atoms with E-state index in [1.165, 1.54) is 0 Å². The van der Waals surface area contributed by atoms with Crippen molar-refractivity contribution in [1.29, 1.82) is 0 Å². The van der Waals surface area contributed by atoms with Gasteiger partial charge in [0.05, 0.1) is 6.10 Å². The van der Waals surface area contributed by atoms with Crippen molar-refractivity contribution >= 4 is 5.97 Å². The van der Waals surface area contributed by atoms with Crippen molar-refractivity contribution in [2.45, 2.75) is 32.5 Å². The number of aliphatic carboxylic acids is 1. The highest BCUT2D eigenvalue weighted by atomic mass is 16.5. The molecule has 1 rings (SSSR count). The average Bonchev–Trinajstić information content (AvgIpc) is 2.10. The van der Waals surface area contributed by atoms with Crippen LogP contribution in [-0.2, 0) is 9.53 Å². The monoisotopic (exact) mass is 144 g/mol. The summed E-state index contributed by atoms with van der Waals surface area (Å²) < 4.78 is 5.14. The Morgan fingerprint density at radius 2 is 2.20 bits per heavy atom. The minimum absolute atomic E-state index is 0.107. The number of hydrogen-bond donors (Lipinski definition) is 1. The molecule has 1 aliphatic heterocycles. The van der Waals surface area contributed by atoms with Crippen molar-refractivity contribution in [3.05, 3.63) is 0 Å². The maximum absolute atomic E-state index is 10.4. The van der Waals surface area contributed by atoms with E-state index in [-0.39, 0.29) is 12.0 Å². The molecule has 58 valence electrons. The molecule has 0 aromatic heterocycles. The largest absolute Gasteiger partial charge is 0.479 e. The smallest absolute Gasteiger partial charge is 0.333 e. The van der Waals surface area contributed by atoms with Crippen molar-refractivity contribution in [3.63, 3.8) is 0 Å². The minimum Gasteiger partial charge on any atom is -0.479 e. The molecule has 1 fully saturated rings. The molecule has 1 unspecified atom stereocenters. The molecule has 10 heavy (non-hydrogen) atoms. The third kappa shape index (κ3) is 1.29. The van der Waals surface area contributed by atoms with Gasteiger partial charge in [-0.3, -0.25) is 0 Å². The number of ether oxygens (including phenoxy) is 1. The van der Waals surface area contributed by atoms with Crippen molar-refractivity contribution < 1.29 is 14.6 Å². The summed E-state index contributed by atoms with van der Waals surface area (Å²) in [4.78, 5) is 10.4. The Bertz CT molecular complexity index is 144. The zero-order chi connectivity index (χ0) is 7.72. The standard InChI is InChI=1S/C7H12O3/c1-4-3-5(2)10-6(4)7(8)9/h4-6H,3H2,1-2H3,(H,8,9)/t4?,5-,6-/m1/s1. The van der Waals surface area contributed by atoms with Gasteiger partial charge in [0.2, 0.25) is 0 Å². The normalized spacial score (nSPS) is 40.0. The van der Waals surface area contributed by atoms with E-state index in [2.05, 4.69) is 0 Å². The number of carboxylic acids is 1. The fourth-order valence-corrected chi connectivity index (χ4v) is 1.39. The molecule has 0 amide bonds. The predicted octanol–water partition coefficient (Wildman–Crippen LogP) is 0.885. The molecule has 0 aliphatic carbocycles. The Balaban J connectivity index is 2.54. The van der Waals surface area contributed by atoms with E-state index < -0.39 is 12.1 Å². The lowest BCUT2D eigenvalue weighted by Gasteiger charge is -2.07. The van der Waals surface area contributed by atoms with Crippen LogP contribution in [-0.4, -0.2) is 23.3 Å². The Hall–Kier alpha value is -0.570. The van der Waals surface area contributed by atoms with Crippen LogP contribution in [0, 0.1) is 5.92 Å². The van der Waals surface area contributed by atoms with Gasteiger partial charge in [0.1, 0.15) is 0 Å². The summed E-state index contributed by atoms with van der Waals surface area (Å²) in [6, 6.07) is 0. The highest BCUT2D eigenvalue weighted by Crippen LogP contribution is 2.25. The van der Waals surface area contributed by atoms with Crippen molar-refractivity contribution in [2.24, 2.45) is 5.92 Å². The van der Waals surface area contributed by atoms with Crippen LogP contribution in [0.25, 0.3) is 0 Å². The van der Waals surface area contributed by atoms with Gasteiger partial charge in [-0.2, -0.15) is 0 Å². The molecule has 1 N–H and O–H groups in total. The van der Waals surface area contributed by atoms with E-state index in [1.807, 2.05) is 13.8 Å². The van der Waals surface area contributed by atoms with Crippen LogP contribution < -0.4 is 0 Å². The Kier molecular flexibility index (Phi) is 1.94. The number of hydrogen-bond acceptors (Lipinski definition) is 2. The van der Waals surface area contributed by atoms with Gasteiger partial charge in [-0.15, -0.1) is 0 Å². The summed E-state index contributed by atoms with van der Waals surface area (Å²) in [7, 11) is 0. The van der Waals surface area contributed by atoms with Gasteiger partial charge < -0.3 is 9.84 Å². The first kappa shape index (κ1) is 7.54. The third-order valence-electron chi connectivity index (χ3n) is 1.84. The lowest BCUT2D eigenvalue weighted by atomic mass is 10.0. The molecular weight excluding hydrogens is 132 g/mol. The molecular formula is C7H12O3. The number of carbonyl (C=O) groups is 1. The zero-order valence-electron chi connectivity index (χ0n) is 6.20. The topological polar surface area (TPSA) is 46.5 Å². The summed E-state index contributed by atoms with van der Waals surface area (Å²) in [5, 5.41) is 8.58. The van der Waals surface area contributed by atoms with Gasteiger partial charge in [0, 0.05) is 0 Å². The summed E-state index contributed by atoms with van der Waals surface area (Å²) in [5.41, 5.74) is 0. The van der Waals surface area contributed by atoms with Crippen LogP contribution in [0.2, 0.25) is 0 Å². The Morgan fingerprint density at radius 3 is 2.40 bits per heavy atom. The molecule has 3 heteroatoms. The molecule has 3 atom stereocenters. The fraction of sp³-hybridized carbons (Fsp3) is 0.857. The van der Waals surface area contributed by atoms with E-state index in [9.17, 15) is 4.79 Å².